The second-order valence-electron chi connectivity index (χ2n) is 8.14. The number of fused-ring (bicyclic) bond motifs is 1. The lowest BCUT2D eigenvalue weighted by atomic mass is 9.88. The molecule has 0 aliphatic carbocycles. The first-order chi connectivity index (χ1) is 15.7. The van der Waals surface area contributed by atoms with Gasteiger partial charge in [-0.25, -0.2) is 4.68 Å². The molecule has 1 aliphatic rings. The molecule has 5 heteroatoms. The molecule has 0 bridgehead atoms. The zero-order valence-electron chi connectivity index (χ0n) is 18.0. The minimum absolute atomic E-state index is 0.00401. The van der Waals surface area contributed by atoms with E-state index >= 15 is 0 Å². The third kappa shape index (κ3) is 4.21. The van der Waals surface area contributed by atoms with Crippen molar-refractivity contribution in [3.8, 4) is 5.69 Å². The van der Waals surface area contributed by atoms with Crippen molar-refractivity contribution in [2.45, 2.75) is 30.8 Å². The predicted octanol–water partition coefficient (Wildman–Crippen LogP) is 6.09. The first-order valence-electron chi connectivity index (χ1n) is 10.8. The molecule has 1 amide bonds. The molecule has 4 nitrogen and oxygen atoms in total. The van der Waals surface area contributed by atoms with Gasteiger partial charge in [-0.1, -0.05) is 78.4 Å². The molecular weight excluding hydrogens is 414 g/mol. The van der Waals surface area contributed by atoms with Gasteiger partial charge in [0.05, 0.1) is 11.4 Å². The molecule has 1 aliphatic heterocycles. The Balaban J connectivity index is 1.45. The van der Waals surface area contributed by atoms with Crippen molar-refractivity contribution in [1.29, 1.82) is 0 Å². The lowest BCUT2D eigenvalue weighted by Gasteiger charge is -2.18. The molecule has 1 aromatic heterocycles. The third-order valence-corrected chi connectivity index (χ3v) is 6.85. The number of aryl methyl sites for hydroxylation is 1. The SMILES string of the molecule is Cc1ccc(-n2nc3c(c2NC(=O)CC(c2ccccc2)c2ccccc2)CSC3)cc1. The van der Waals surface area contributed by atoms with Gasteiger partial charge in [-0.05, 0) is 30.2 Å². The second-order valence-corrected chi connectivity index (χ2v) is 9.13. The minimum Gasteiger partial charge on any atom is -0.310 e. The molecule has 160 valence electrons. The summed E-state index contributed by atoms with van der Waals surface area (Å²) in [6.07, 6.45) is 0.370. The van der Waals surface area contributed by atoms with Crippen LogP contribution < -0.4 is 5.32 Å². The Morgan fingerprint density at radius 2 is 1.56 bits per heavy atom. The Hall–Kier alpha value is -3.31. The number of hydrogen-bond acceptors (Lipinski definition) is 3. The zero-order valence-corrected chi connectivity index (χ0v) is 18.8. The Bertz CT molecular complexity index is 1180. The highest BCUT2D eigenvalue weighted by Gasteiger charge is 2.26. The summed E-state index contributed by atoms with van der Waals surface area (Å²) in [4.78, 5) is 13.3. The van der Waals surface area contributed by atoms with Crippen LogP contribution in [0.4, 0.5) is 5.82 Å². The van der Waals surface area contributed by atoms with Crippen LogP contribution in [0.2, 0.25) is 0 Å². The quantitative estimate of drug-likeness (QED) is 0.396. The highest BCUT2D eigenvalue weighted by Crippen LogP contribution is 2.37. The number of carbonyl (C=O) groups excluding carboxylic acids is 1. The Labute approximate surface area is 192 Å². The molecule has 0 unspecified atom stereocenters. The first kappa shape index (κ1) is 20.6. The van der Waals surface area contributed by atoms with Crippen molar-refractivity contribution in [2.24, 2.45) is 0 Å². The van der Waals surface area contributed by atoms with Crippen LogP contribution in [0.1, 0.15) is 40.3 Å². The predicted molar refractivity (Wildman–Crippen MR) is 131 cm³/mol. The lowest BCUT2D eigenvalue weighted by molar-refractivity contribution is -0.116. The fraction of sp³-hybridized carbons (Fsp3) is 0.185. The number of thioether (sulfide) groups is 1. The van der Waals surface area contributed by atoms with Crippen molar-refractivity contribution < 1.29 is 4.79 Å². The van der Waals surface area contributed by atoms with Gasteiger partial charge in [0, 0.05) is 29.4 Å². The molecule has 0 radical (unpaired) electrons. The van der Waals surface area contributed by atoms with E-state index in [1.165, 1.54) is 5.56 Å². The maximum atomic E-state index is 13.3. The molecule has 5 rings (SSSR count). The van der Waals surface area contributed by atoms with Crippen LogP contribution in [-0.2, 0) is 16.3 Å². The van der Waals surface area contributed by atoms with E-state index in [1.807, 2.05) is 52.8 Å². The van der Waals surface area contributed by atoms with Crippen LogP contribution in [0.5, 0.6) is 0 Å². The molecule has 1 N–H and O–H groups in total. The van der Waals surface area contributed by atoms with Crippen LogP contribution in [0.15, 0.2) is 84.9 Å². The Morgan fingerprint density at radius 1 is 0.938 bits per heavy atom. The van der Waals surface area contributed by atoms with Crippen LogP contribution in [0.25, 0.3) is 5.69 Å². The smallest absolute Gasteiger partial charge is 0.226 e. The number of benzene rings is 3. The average molecular weight is 440 g/mol. The summed E-state index contributed by atoms with van der Waals surface area (Å²) >= 11 is 1.84. The third-order valence-electron chi connectivity index (χ3n) is 5.88. The highest BCUT2D eigenvalue weighted by molar-refractivity contribution is 7.98. The van der Waals surface area contributed by atoms with Gasteiger partial charge in [0.1, 0.15) is 5.82 Å². The number of hydrogen-bond donors (Lipinski definition) is 1. The van der Waals surface area contributed by atoms with Gasteiger partial charge in [-0.2, -0.15) is 16.9 Å². The Morgan fingerprint density at radius 3 is 2.19 bits per heavy atom. The molecule has 32 heavy (non-hydrogen) atoms. The lowest BCUT2D eigenvalue weighted by Crippen LogP contribution is -2.19. The number of nitrogens with zero attached hydrogens (tertiary/aromatic N) is 2. The van der Waals surface area contributed by atoms with Gasteiger partial charge in [0.15, 0.2) is 0 Å². The number of aromatic nitrogens is 2. The second kappa shape index (κ2) is 9.05. The zero-order chi connectivity index (χ0) is 21.9. The molecule has 4 aromatic rings. The van der Waals surface area contributed by atoms with Crippen molar-refractivity contribution in [1.82, 2.24) is 9.78 Å². The van der Waals surface area contributed by atoms with Gasteiger partial charge in [0.25, 0.3) is 0 Å². The summed E-state index contributed by atoms with van der Waals surface area (Å²) in [5, 5.41) is 8.04. The van der Waals surface area contributed by atoms with Crippen LogP contribution in [-0.4, -0.2) is 15.7 Å². The largest absolute Gasteiger partial charge is 0.310 e. The van der Waals surface area contributed by atoms with Gasteiger partial charge in [-0.3, -0.25) is 4.79 Å². The fourth-order valence-corrected chi connectivity index (χ4v) is 5.22. The molecule has 2 heterocycles. The molecule has 0 atom stereocenters. The average Bonchev–Trinajstić information content (AvgIpc) is 3.42. The van der Waals surface area contributed by atoms with Crippen LogP contribution in [0.3, 0.4) is 0 Å². The number of amides is 1. The first-order valence-corrected chi connectivity index (χ1v) is 12.0. The van der Waals surface area contributed by atoms with E-state index in [-0.39, 0.29) is 11.8 Å². The minimum atomic E-state index is -0.00410. The highest BCUT2D eigenvalue weighted by atomic mass is 32.2. The van der Waals surface area contributed by atoms with E-state index in [0.717, 1.165) is 45.4 Å². The fourth-order valence-electron chi connectivity index (χ4n) is 4.18. The van der Waals surface area contributed by atoms with E-state index in [2.05, 4.69) is 60.8 Å². The molecule has 0 spiro atoms. The standard InChI is InChI=1S/C27H25N3OS/c1-19-12-14-22(15-13-19)30-27(24-17-32-18-25(24)29-30)28-26(31)16-23(20-8-4-2-5-9-20)21-10-6-3-7-11-21/h2-15,23H,16-18H2,1H3,(H,28,31). The maximum absolute atomic E-state index is 13.3. The summed E-state index contributed by atoms with van der Waals surface area (Å²) in [6, 6.07) is 28.7. The van der Waals surface area contributed by atoms with Crippen molar-refractivity contribution in [3.63, 3.8) is 0 Å². The number of carbonyl (C=O) groups is 1. The molecule has 0 saturated carbocycles. The van der Waals surface area contributed by atoms with Gasteiger partial charge in [-0.15, -0.1) is 0 Å². The summed E-state index contributed by atoms with van der Waals surface area (Å²) in [6.45, 7) is 2.07. The summed E-state index contributed by atoms with van der Waals surface area (Å²) in [7, 11) is 0. The van der Waals surface area contributed by atoms with Crippen molar-refractivity contribution in [2.75, 3.05) is 5.32 Å². The van der Waals surface area contributed by atoms with E-state index in [4.69, 9.17) is 5.10 Å². The van der Waals surface area contributed by atoms with Gasteiger partial charge in [0.2, 0.25) is 5.91 Å². The molecule has 3 aromatic carbocycles. The topological polar surface area (TPSA) is 46.9 Å². The normalized spacial score (nSPS) is 12.7. The number of rotatable bonds is 6. The molecule has 0 saturated heterocycles. The number of nitrogens with one attached hydrogen (secondary N) is 1. The van der Waals surface area contributed by atoms with E-state index in [9.17, 15) is 4.79 Å². The monoisotopic (exact) mass is 439 g/mol. The summed E-state index contributed by atoms with van der Waals surface area (Å²) < 4.78 is 1.89. The summed E-state index contributed by atoms with van der Waals surface area (Å²) in [5.41, 5.74) is 6.65. The number of anilines is 1. The van der Waals surface area contributed by atoms with E-state index in [1.54, 1.807) is 0 Å². The summed E-state index contributed by atoms with van der Waals surface area (Å²) in [5.74, 6) is 2.55. The van der Waals surface area contributed by atoms with Crippen molar-refractivity contribution in [3.05, 3.63) is 113 Å². The van der Waals surface area contributed by atoms with Crippen LogP contribution in [0, 0.1) is 6.92 Å². The van der Waals surface area contributed by atoms with E-state index < -0.39 is 0 Å². The van der Waals surface area contributed by atoms with E-state index in [0.29, 0.717) is 6.42 Å². The van der Waals surface area contributed by atoms with Gasteiger partial charge >= 0.3 is 0 Å². The maximum Gasteiger partial charge on any atom is 0.226 e. The molecular formula is C27H25N3OS. The van der Waals surface area contributed by atoms with Gasteiger partial charge < -0.3 is 5.32 Å². The molecule has 0 fully saturated rings. The van der Waals surface area contributed by atoms with Crippen molar-refractivity contribution >= 4 is 23.5 Å². The van der Waals surface area contributed by atoms with Crippen LogP contribution >= 0.6 is 11.8 Å². The Kier molecular flexibility index (Phi) is 5.82.